The zero-order chi connectivity index (χ0) is 13.2. The second-order valence-corrected chi connectivity index (χ2v) is 5.91. The van der Waals surface area contributed by atoms with Crippen LogP contribution in [0, 0.1) is 0 Å². The largest absolute Gasteiger partial charge is 0.378 e. The van der Waals surface area contributed by atoms with E-state index in [0.29, 0.717) is 21.7 Å². The van der Waals surface area contributed by atoms with Crippen LogP contribution in [0.15, 0.2) is 0 Å². The zero-order valence-electron chi connectivity index (χ0n) is 11.3. The lowest BCUT2D eigenvalue weighted by atomic mass is 10.3. The van der Waals surface area contributed by atoms with E-state index in [1.165, 1.54) is 0 Å². The number of hydrogen-bond donors (Lipinski definition) is 1. The van der Waals surface area contributed by atoms with Crippen molar-refractivity contribution in [1.29, 1.82) is 0 Å². The summed E-state index contributed by atoms with van der Waals surface area (Å²) < 4.78 is 7.90. The van der Waals surface area contributed by atoms with Crippen molar-refractivity contribution in [3.63, 3.8) is 0 Å². The normalized spacial score (nSPS) is 18.6. The van der Waals surface area contributed by atoms with Gasteiger partial charge in [0.1, 0.15) is 0 Å². The highest BCUT2D eigenvalue weighted by Crippen LogP contribution is 2.09. The van der Waals surface area contributed by atoms with Gasteiger partial charge in [0, 0.05) is 39.3 Å². The molecule has 5 nitrogen and oxygen atoms in total. The van der Waals surface area contributed by atoms with E-state index in [1.54, 1.807) is 0 Å². The molecule has 106 valence electrons. The van der Waals surface area contributed by atoms with E-state index in [9.17, 15) is 4.79 Å². The van der Waals surface area contributed by atoms with Crippen LogP contribution in [-0.4, -0.2) is 80.3 Å². The van der Waals surface area contributed by atoms with Gasteiger partial charge in [-0.3, -0.25) is 9.69 Å². The number of amides is 1. The Morgan fingerprint density at radius 1 is 1.33 bits per heavy atom. The molecule has 1 rings (SSSR count). The fourth-order valence-electron chi connectivity index (χ4n) is 1.76. The third-order valence-electron chi connectivity index (χ3n) is 2.90. The maximum atomic E-state index is 11.0. The Morgan fingerprint density at radius 3 is 2.67 bits per heavy atom. The van der Waals surface area contributed by atoms with E-state index < -0.39 is 0 Å². The smallest absolute Gasteiger partial charge is 0.237 e. The van der Waals surface area contributed by atoms with Crippen molar-refractivity contribution in [3.8, 4) is 0 Å². The molecule has 1 unspecified atom stereocenters. The first-order valence-electron chi connectivity index (χ1n) is 6.31. The fourth-order valence-corrected chi connectivity index (χ4v) is 2.59. The standard InChI is InChI=1S/C11H24N3O2PS/c1-17-11(15)12-3-9-16-10-8-13-4-6-14(18-2)7-5-13/h17H,3-10H2,1-2H3,(H,12,15). The molecule has 0 aliphatic carbocycles. The SMILES string of the molecule is CPC(=O)NCCOCCN1CCN(SC)CC1. The Labute approximate surface area is 116 Å². The number of carbonyl (C=O) groups excluding carboxylic acids is 1. The van der Waals surface area contributed by atoms with Gasteiger partial charge in [-0.25, -0.2) is 4.31 Å². The van der Waals surface area contributed by atoms with Gasteiger partial charge in [0.2, 0.25) is 5.65 Å². The van der Waals surface area contributed by atoms with Crippen molar-refractivity contribution in [2.24, 2.45) is 0 Å². The number of nitrogens with zero attached hydrogens (tertiary/aromatic N) is 2. The van der Waals surface area contributed by atoms with Gasteiger partial charge >= 0.3 is 0 Å². The molecule has 1 fully saturated rings. The van der Waals surface area contributed by atoms with Gasteiger partial charge in [0.05, 0.1) is 13.2 Å². The first-order valence-corrected chi connectivity index (χ1v) is 8.99. The highest BCUT2D eigenvalue weighted by molar-refractivity contribution is 7.96. The quantitative estimate of drug-likeness (QED) is 0.409. The molecule has 0 bridgehead atoms. The summed E-state index contributed by atoms with van der Waals surface area (Å²) >= 11 is 1.82. The summed E-state index contributed by atoms with van der Waals surface area (Å²) in [6, 6.07) is 0. The van der Waals surface area contributed by atoms with E-state index >= 15 is 0 Å². The Hall–Kier alpha value is 0.130. The molecule has 1 amide bonds. The summed E-state index contributed by atoms with van der Waals surface area (Å²) in [5.41, 5.74) is 0.117. The molecule has 0 aromatic heterocycles. The molecule has 1 heterocycles. The molecule has 0 spiro atoms. The van der Waals surface area contributed by atoms with Crippen molar-refractivity contribution in [3.05, 3.63) is 0 Å². The number of hydrogen-bond acceptors (Lipinski definition) is 5. The summed E-state index contributed by atoms with van der Waals surface area (Å²) in [5.74, 6) is 0. The van der Waals surface area contributed by atoms with Crippen LogP contribution in [0.3, 0.4) is 0 Å². The van der Waals surface area contributed by atoms with Crippen LogP contribution in [0.4, 0.5) is 4.79 Å². The molecule has 18 heavy (non-hydrogen) atoms. The topological polar surface area (TPSA) is 44.8 Å². The maximum absolute atomic E-state index is 11.0. The predicted octanol–water partition coefficient (Wildman–Crippen LogP) is 0.916. The van der Waals surface area contributed by atoms with E-state index in [4.69, 9.17) is 4.74 Å². The minimum absolute atomic E-state index is 0.117. The highest BCUT2D eigenvalue weighted by atomic mass is 32.2. The molecule has 0 aromatic carbocycles. The Kier molecular flexibility index (Phi) is 8.98. The number of nitrogens with one attached hydrogen (secondary N) is 1. The van der Waals surface area contributed by atoms with Crippen LogP contribution in [0.2, 0.25) is 0 Å². The minimum Gasteiger partial charge on any atom is -0.378 e. The van der Waals surface area contributed by atoms with Gasteiger partial charge < -0.3 is 10.1 Å². The molecule has 0 aromatic rings. The van der Waals surface area contributed by atoms with Crippen LogP contribution < -0.4 is 5.32 Å². The lowest BCUT2D eigenvalue weighted by Gasteiger charge is -2.32. The van der Waals surface area contributed by atoms with E-state index in [1.807, 2.05) is 18.6 Å². The first-order chi connectivity index (χ1) is 8.76. The van der Waals surface area contributed by atoms with Gasteiger partial charge in [-0.05, 0) is 21.5 Å². The molecule has 1 aliphatic heterocycles. The van der Waals surface area contributed by atoms with E-state index in [2.05, 4.69) is 20.8 Å². The van der Waals surface area contributed by atoms with Crippen LogP contribution in [0.25, 0.3) is 0 Å². The number of rotatable bonds is 8. The van der Waals surface area contributed by atoms with Gasteiger partial charge in [-0.15, -0.1) is 0 Å². The second kappa shape index (κ2) is 9.98. The molecule has 1 N–H and O–H groups in total. The lowest BCUT2D eigenvalue weighted by Crippen LogP contribution is -2.44. The third kappa shape index (κ3) is 6.90. The van der Waals surface area contributed by atoms with Crippen molar-refractivity contribution in [2.75, 3.05) is 65.4 Å². The van der Waals surface area contributed by atoms with Crippen molar-refractivity contribution >= 4 is 26.2 Å². The lowest BCUT2D eigenvalue weighted by molar-refractivity contribution is 0.0940. The molecule has 1 atom stereocenters. The Balaban J connectivity index is 1.91. The summed E-state index contributed by atoms with van der Waals surface area (Å²) in [5, 5.41) is 2.81. The molecular formula is C11H24N3O2PS. The highest BCUT2D eigenvalue weighted by Gasteiger charge is 2.15. The molecule has 7 heteroatoms. The van der Waals surface area contributed by atoms with Crippen molar-refractivity contribution < 1.29 is 9.53 Å². The number of piperazine rings is 1. The van der Waals surface area contributed by atoms with Crippen LogP contribution in [0.5, 0.6) is 0 Å². The monoisotopic (exact) mass is 293 g/mol. The fraction of sp³-hybridized carbons (Fsp3) is 0.909. The van der Waals surface area contributed by atoms with Crippen LogP contribution in [0.1, 0.15) is 0 Å². The van der Waals surface area contributed by atoms with Crippen molar-refractivity contribution in [1.82, 2.24) is 14.5 Å². The van der Waals surface area contributed by atoms with Gasteiger partial charge in [0.25, 0.3) is 0 Å². The molecule has 1 saturated heterocycles. The molecular weight excluding hydrogens is 269 g/mol. The molecule has 1 aliphatic rings. The summed E-state index contributed by atoms with van der Waals surface area (Å²) in [4.78, 5) is 13.4. The summed E-state index contributed by atoms with van der Waals surface area (Å²) in [7, 11) is 0.324. The minimum atomic E-state index is 0.117. The predicted molar refractivity (Wildman–Crippen MR) is 80.0 cm³/mol. The molecule has 0 radical (unpaired) electrons. The number of carbonyl (C=O) groups is 1. The maximum Gasteiger partial charge on any atom is 0.237 e. The average molecular weight is 293 g/mol. The summed E-state index contributed by atoms with van der Waals surface area (Å²) in [6.07, 6.45) is 2.13. The van der Waals surface area contributed by atoms with Crippen LogP contribution >= 0.6 is 20.5 Å². The Morgan fingerprint density at radius 2 is 2.06 bits per heavy atom. The summed E-state index contributed by atoms with van der Waals surface area (Å²) in [6.45, 7) is 9.37. The van der Waals surface area contributed by atoms with Crippen molar-refractivity contribution in [2.45, 2.75) is 0 Å². The first kappa shape index (κ1) is 16.2. The third-order valence-corrected chi connectivity index (χ3v) is 4.41. The average Bonchev–Trinajstić information content (AvgIpc) is 2.43. The van der Waals surface area contributed by atoms with E-state index in [0.717, 1.165) is 39.3 Å². The Bertz CT molecular complexity index is 238. The van der Waals surface area contributed by atoms with E-state index in [-0.39, 0.29) is 5.65 Å². The van der Waals surface area contributed by atoms with Gasteiger partial charge in [-0.1, -0.05) is 11.9 Å². The van der Waals surface area contributed by atoms with Gasteiger partial charge in [0.15, 0.2) is 0 Å². The number of ether oxygens (including phenoxy) is 1. The second-order valence-electron chi connectivity index (χ2n) is 4.07. The van der Waals surface area contributed by atoms with Crippen LogP contribution in [-0.2, 0) is 4.74 Å². The van der Waals surface area contributed by atoms with Gasteiger partial charge in [-0.2, -0.15) is 0 Å². The molecule has 0 saturated carbocycles. The zero-order valence-corrected chi connectivity index (χ0v) is 13.1.